The summed E-state index contributed by atoms with van der Waals surface area (Å²) in [6, 6.07) is 14.7. The van der Waals surface area contributed by atoms with Crippen LogP contribution in [0.3, 0.4) is 0 Å². The van der Waals surface area contributed by atoms with Crippen LogP contribution >= 0.6 is 0 Å². The van der Waals surface area contributed by atoms with E-state index in [0.29, 0.717) is 24.8 Å². The lowest BCUT2D eigenvalue weighted by molar-refractivity contribution is -0.385. The molecular weight excluding hydrogens is 412 g/mol. The van der Waals surface area contributed by atoms with E-state index in [1.807, 2.05) is 13.0 Å². The van der Waals surface area contributed by atoms with Gasteiger partial charge in [0.05, 0.1) is 18.1 Å². The van der Waals surface area contributed by atoms with Crippen LogP contribution in [-0.4, -0.2) is 47.1 Å². The molecule has 3 aromatic rings. The Morgan fingerprint density at radius 2 is 1.75 bits per heavy atom. The Labute approximate surface area is 184 Å². The monoisotopic (exact) mass is 434 g/mol. The van der Waals surface area contributed by atoms with Crippen LogP contribution in [0.2, 0.25) is 0 Å². The summed E-state index contributed by atoms with van der Waals surface area (Å²) in [6.07, 6.45) is 0. The number of anilines is 4. The number of ether oxygens (including phenoxy) is 1. The van der Waals surface area contributed by atoms with Crippen LogP contribution in [0.15, 0.2) is 54.6 Å². The number of nitrogens with one attached hydrogen (secondary N) is 2. The fourth-order valence-corrected chi connectivity index (χ4v) is 3.35. The molecule has 0 aliphatic carbocycles. The molecule has 10 nitrogen and oxygen atoms in total. The van der Waals surface area contributed by atoms with Gasteiger partial charge in [-0.1, -0.05) is 12.1 Å². The number of para-hydroxylation sites is 1. The van der Waals surface area contributed by atoms with Crippen molar-refractivity contribution in [2.24, 2.45) is 0 Å². The number of morpholine rings is 1. The van der Waals surface area contributed by atoms with E-state index in [2.05, 4.69) is 25.5 Å². The fourth-order valence-electron chi connectivity index (χ4n) is 3.35. The normalized spacial score (nSPS) is 13.5. The van der Waals surface area contributed by atoms with Gasteiger partial charge in [-0.3, -0.25) is 14.9 Å². The highest BCUT2D eigenvalue weighted by atomic mass is 16.6. The van der Waals surface area contributed by atoms with E-state index in [1.165, 1.54) is 18.2 Å². The van der Waals surface area contributed by atoms with Gasteiger partial charge in [0.15, 0.2) is 0 Å². The van der Waals surface area contributed by atoms with Gasteiger partial charge in [-0.15, -0.1) is 0 Å². The van der Waals surface area contributed by atoms with Crippen LogP contribution in [-0.2, 0) is 4.74 Å². The first-order chi connectivity index (χ1) is 15.5. The summed E-state index contributed by atoms with van der Waals surface area (Å²) >= 11 is 0. The molecular formula is C22H22N6O4. The number of hydrogen-bond acceptors (Lipinski definition) is 8. The highest BCUT2D eigenvalue weighted by Gasteiger charge is 2.19. The van der Waals surface area contributed by atoms with Gasteiger partial charge in [0, 0.05) is 42.3 Å². The summed E-state index contributed by atoms with van der Waals surface area (Å²) in [5.74, 6) is 0.773. The molecule has 0 spiro atoms. The number of hydrogen-bond donors (Lipinski definition) is 2. The number of carbonyl (C=O) groups excluding carboxylic acids is 1. The molecule has 1 aliphatic heterocycles. The Balaban J connectivity index is 1.45. The molecule has 1 amide bonds. The zero-order valence-electron chi connectivity index (χ0n) is 17.4. The Morgan fingerprint density at radius 1 is 1.06 bits per heavy atom. The van der Waals surface area contributed by atoms with Crippen LogP contribution in [0.5, 0.6) is 0 Å². The number of nitrogens with zero attached hydrogens (tertiary/aromatic N) is 4. The van der Waals surface area contributed by atoms with Crippen molar-refractivity contribution in [1.29, 1.82) is 0 Å². The number of amides is 1. The highest BCUT2D eigenvalue weighted by Crippen LogP contribution is 2.22. The van der Waals surface area contributed by atoms with E-state index >= 15 is 0 Å². The number of carbonyl (C=O) groups is 1. The minimum absolute atomic E-state index is 0.00324. The molecule has 1 aliphatic rings. The minimum atomic E-state index is -0.574. The van der Waals surface area contributed by atoms with Gasteiger partial charge < -0.3 is 20.3 Å². The Hall–Kier alpha value is -4.05. The molecule has 0 saturated carbocycles. The predicted octanol–water partition coefficient (Wildman–Crippen LogP) is 3.53. The molecule has 0 atom stereocenters. The van der Waals surface area contributed by atoms with Gasteiger partial charge in [-0.25, -0.2) is 4.98 Å². The van der Waals surface area contributed by atoms with E-state index in [-0.39, 0.29) is 11.3 Å². The maximum atomic E-state index is 12.5. The van der Waals surface area contributed by atoms with E-state index in [4.69, 9.17) is 4.74 Å². The lowest BCUT2D eigenvalue weighted by atomic mass is 10.1. The van der Waals surface area contributed by atoms with Crippen LogP contribution < -0.4 is 15.5 Å². The van der Waals surface area contributed by atoms with Crippen molar-refractivity contribution in [2.45, 2.75) is 6.92 Å². The van der Waals surface area contributed by atoms with Crippen molar-refractivity contribution in [3.8, 4) is 0 Å². The number of aryl methyl sites for hydroxylation is 1. The third-order valence-electron chi connectivity index (χ3n) is 4.92. The van der Waals surface area contributed by atoms with Crippen molar-refractivity contribution in [2.75, 3.05) is 41.8 Å². The average Bonchev–Trinajstić information content (AvgIpc) is 2.80. The lowest BCUT2D eigenvalue weighted by Gasteiger charge is -2.28. The maximum Gasteiger partial charge on any atom is 0.282 e. The van der Waals surface area contributed by atoms with E-state index in [9.17, 15) is 14.9 Å². The second-order valence-electron chi connectivity index (χ2n) is 7.22. The zero-order chi connectivity index (χ0) is 22.5. The molecule has 1 aromatic heterocycles. The molecule has 2 aromatic carbocycles. The summed E-state index contributed by atoms with van der Waals surface area (Å²) in [5.41, 5.74) is 1.86. The fraction of sp³-hybridized carbons (Fsp3) is 0.227. The minimum Gasteiger partial charge on any atom is -0.378 e. The SMILES string of the molecule is Cc1cc(N2CCOCC2)nc(Nc2ccc(NC(=O)c3ccccc3[N+](=O)[O-])cc2)n1. The Kier molecular flexibility index (Phi) is 6.22. The van der Waals surface area contributed by atoms with Crippen molar-refractivity contribution >= 4 is 34.7 Å². The first-order valence-corrected chi connectivity index (χ1v) is 10.1. The van der Waals surface area contributed by atoms with E-state index in [0.717, 1.165) is 30.3 Å². The quantitative estimate of drug-likeness (QED) is 0.446. The highest BCUT2D eigenvalue weighted by molar-refractivity contribution is 6.07. The van der Waals surface area contributed by atoms with Crippen LogP contribution in [0.4, 0.5) is 28.8 Å². The number of rotatable bonds is 6. The van der Waals surface area contributed by atoms with Crippen LogP contribution in [0.1, 0.15) is 16.1 Å². The largest absolute Gasteiger partial charge is 0.378 e. The van der Waals surface area contributed by atoms with Crippen LogP contribution in [0.25, 0.3) is 0 Å². The molecule has 32 heavy (non-hydrogen) atoms. The molecule has 2 N–H and O–H groups in total. The van der Waals surface area contributed by atoms with Gasteiger partial charge in [0.1, 0.15) is 11.4 Å². The maximum absolute atomic E-state index is 12.5. The molecule has 1 saturated heterocycles. The van der Waals surface area contributed by atoms with E-state index in [1.54, 1.807) is 30.3 Å². The number of benzene rings is 2. The molecule has 164 valence electrons. The van der Waals surface area contributed by atoms with Gasteiger partial charge >= 0.3 is 0 Å². The molecule has 1 fully saturated rings. The van der Waals surface area contributed by atoms with Gasteiger partial charge in [0.25, 0.3) is 11.6 Å². The molecule has 0 unspecified atom stereocenters. The third kappa shape index (κ3) is 4.98. The topological polar surface area (TPSA) is 123 Å². The summed E-state index contributed by atoms with van der Waals surface area (Å²) in [4.78, 5) is 34.3. The summed E-state index contributed by atoms with van der Waals surface area (Å²) in [6.45, 7) is 4.82. The summed E-state index contributed by atoms with van der Waals surface area (Å²) in [7, 11) is 0. The summed E-state index contributed by atoms with van der Waals surface area (Å²) < 4.78 is 5.40. The lowest BCUT2D eigenvalue weighted by Crippen LogP contribution is -2.36. The van der Waals surface area contributed by atoms with Gasteiger partial charge in [0.2, 0.25) is 5.95 Å². The molecule has 0 bridgehead atoms. The van der Waals surface area contributed by atoms with Crippen LogP contribution in [0, 0.1) is 17.0 Å². The second kappa shape index (κ2) is 9.40. The van der Waals surface area contributed by atoms with Crippen molar-refractivity contribution in [3.05, 3.63) is 76.0 Å². The first-order valence-electron chi connectivity index (χ1n) is 10.1. The predicted molar refractivity (Wildman–Crippen MR) is 121 cm³/mol. The standard InChI is InChI=1S/C22H22N6O4/c1-15-14-20(27-10-12-32-13-11-27)26-22(23-15)25-17-8-6-16(7-9-17)24-21(29)18-4-2-3-5-19(18)28(30)31/h2-9,14H,10-13H2,1H3,(H,24,29)(H,23,25,26). The molecule has 0 radical (unpaired) electrons. The number of nitro benzene ring substituents is 1. The van der Waals surface area contributed by atoms with Crippen molar-refractivity contribution in [3.63, 3.8) is 0 Å². The van der Waals surface area contributed by atoms with Crippen molar-refractivity contribution < 1.29 is 14.5 Å². The molecule has 4 rings (SSSR count). The Morgan fingerprint density at radius 3 is 2.47 bits per heavy atom. The number of nitro groups is 1. The van der Waals surface area contributed by atoms with Crippen molar-refractivity contribution in [1.82, 2.24) is 9.97 Å². The first kappa shape index (κ1) is 21.2. The second-order valence-corrected chi connectivity index (χ2v) is 7.22. The average molecular weight is 434 g/mol. The zero-order valence-corrected chi connectivity index (χ0v) is 17.4. The smallest absolute Gasteiger partial charge is 0.282 e. The van der Waals surface area contributed by atoms with E-state index < -0.39 is 10.8 Å². The number of aromatic nitrogens is 2. The van der Waals surface area contributed by atoms with Gasteiger partial charge in [-0.05, 0) is 37.3 Å². The third-order valence-corrected chi connectivity index (χ3v) is 4.92. The summed E-state index contributed by atoms with van der Waals surface area (Å²) in [5, 5.41) is 17.0. The molecule has 10 heteroatoms. The molecule has 2 heterocycles. The van der Waals surface area contributed by atoms with Gasteiger partial charge in [-0.2, -0.15) is 4.98 Å². The Bertz CT molecular complexity index is 1130.